The molecule has 0 bridgehead atoms. The van der Waals surface area contributed by atoms with E-state index in [2.05, 4.69) is 15.4 Å². The average Bonchev–Trinajstić information content (AvgIpc) is 3.29. The number of aryl methyl sites for hydroxylation is 3. The van der Waals surface area contributed by atoms with Crippen molar-refractivity contribution in [3.63, 3.8) is 0 Å². The van der Waals surface area contributed by atoms with Crippen LogP contribution in [0.4, 0.5) is 5.69 Å². The zero-order chi connectivity index (χ0) is 21.6. The molecule has 1 saturated heterocycles. The summed E-state index contributed by atoms with van der Waals surface area (Å²) < 4.78 is 30.6. The number of carbonyl (C=O) groups is 1. The van der Waals surface area contributed by atoms with Crippen LogP contribution in [0.1, 0.15) is 48.3 Å². The van der Waals surface area contributed by atoms with Gasteiger partial charge in [0.25, 0.3) is 0 Å². The summed E-state index contributed by atoms with van der Waals surface area (Å²) in [6.45, 7) is 7.32. The van der Waals surface area contributed by atoms with Crippen LogP contribution in [-0.2, 0) is 14.8 Å². The lowest BCUT2D eigenvalue weighted by atomic mass is 10.1. The highest BCUT2D eigenvalue weighted by molar-refractivity contribution is 7.89. The Morgan fingerprint density at radius 1 is 1.17 bits per heavy atom. The number of rotatable bonds is 4. The molecule has 1 aromatic carbocycles. The second-order valence-electron chi connectivity index (χ2n) is 7.81. The van der Waals surface area contributed by atoms with E-state index in [1.807, 2.05) is 19.1 Å². The molecule has 1 N–H and O–H groups in total. The molecule has 0 saturated carbocycles. The maximum Gasteiger partial charge on any atom is 0.243 e. The van der Waals surface area contributed by atoms with Crippen molar-refractivity contribution >= 4 is 27.3 Å². The Kier molecular flexibility index (Phi) is 5.11. The second kappa shape index (κ2) is 7.48. The first-order chi connectivity index (χ1) is 14.2. The Labute approximate surface area is 176 Å². The normalized spacial score (nSPS) is 17.5. The van der Waals surface area contributed by atoms with Crippen LogP contribution in [0.3, 0.4) is 0 Å². The fraction of sp³-hybridized carbons (Fsp3) is 0.381. The second-order valence-corrected chi connectivity index (χ2v) is 9.67. The van der Waals surface area contributed by atoms with Gasteiger partial charge in [0.2, 0.25) is 15.9 Å². The first kappa shape index (κ1) is 20.5. The van der Waals surface area contributed by atoms with Crippen molar-refractivity contribution in [2.45, 2.75) is 51.5 Å². The van der Waals surface area contributed by atoms with Gasteiger partial charge in [-0.15, -0.1) is 0 Å². The third-order valence-electron chi connectivity index (χ3n) is 5.47. The molecule has 158 valence electrons. The largest absolute Gasteiger partial charge is 0.326 e. The van der Waals surface area contributed by atoms with Gasteiger partial charge < -0.3 is 5.32 Å². The zero-order valence-electron chi connectivity index (χ0n) is 17.5. The molecule has 8 nitrogen and oxygen atoms in total. The Balaban J connectivity index is 1.77. The molecule has 0 aliphatic carbocycles. The van der Waals surface area contributed by atoms with Gasteiger partial charge >= 0.3 is 0 Å². The number of hydrogen-bond acceptors (Lipinski definition) is 5. The summed E-state index contributed by atoms with van der Waals surface area (Å²) in [7, 11) is -3.74. The van der Waals surface area contributed by atoms with E-state index in [0.717, 1.165) is 24.2 Å². The predicted octanol–water partition coefficient (Wildman–Crippen LogP) is 3.14. The van der Waals surface area contributed by atoms with Crippen molar-refractivity contribution in [2.24, 2.45) is 0 Å². The highest BCUT2D eigenvalue weighted by atomic mass is 32.2. The number of nitrogens with zero attached hydrogens (tertiary/aromatic N) is 4. The third kappa shape index (κ3) is 3.48. The van der Waals surface area contributed by atoms with E-state index in [0.29, 0.717) is 29.0 Å². The summed E-state index contributed by atoms with van der Waals surface area (Å²) in [6.07, 6.45) is 3.20. The van der Waals surface area contributed by atoms with E-state index >= 15 is 0 Å². The Morgan fingerprint density at radius 3 is 2.67 bits per heavy atom. The monoisotopic (exact) mass is 427 g/mol. The summed E-state index contributed by atoms with van der Waals surface area (Å²) in [5.41, 5.74) is 4.30. The molecule has 3 heterocycles. The highest BCUT2D eigenvalue weighted by Gasteiger charge is 2.38. The van der Waals surface area contributed by atoms with Crippen LogP contribution < -0.4 is 5.32 Å². The molecule has 2 aromatic heterocycles. The van der Waals surface area contributed by atoms with E-state index in [1.165, 1.54) is 6.92 Å². The molecular formula is C21H25N5O3S. The molecule has 30 heavy (non-hydrogen) atoms. The molecular weight excluding hydrogens is 402 g/mol. The summed E-state index contributed by atoms with van der Waals surface area (Å²) >= 11 is 0. The summed E-state index contributed by atoms with van der Waals surface area (Å²) in [5, 5.41) is 7.26. The Bertz CT molecular complexity index is 1250. The summed E-state index contributed by atoms with van der Waals surface area (Å²) in [5.74, 6) is -0.191. The van der Waals surface area contributed by atoms with Gasteiger partial charge in [0, 0.05) is 31.4 Å². The van der Waals surface area contributed by atoms with Gasteiger partial charge in [-0.2, -0.15) is 9.40 Å². The van der Waals surface area contributed by atoms with Crippen LogP contribution in [0.2, 0.25) is 0 Å². The lowest BCUT2D eigenvalue weighted by Gasteiger charge is -2.26. The van der Waals surface area contributed by atoms with Gasteiger partial charge in [-0.25, -0.2) is 17.9 Å². The molecule has 0 spiro atoms. The van der Waals surface area contributed by atoms with E-state index in [-0.39, 0.29) is 16.8 Å². The number of benzene rings is 1. The minimum absolute atomic E-state index is 0.191. The smallest absolute Gasteiger partial charge is 0.243 e. The number of amides is 1. The molecule has 0 unspecified atom stereocenters. The van der Waals surface area contributed by atoms with E-state index in [9.17, 15) is 13.2 Å². The first-order valence-electron chi connectivity index (χ1n) is 9.90. The van der Waals surface area contributed by atoms with Crippen LogP contribution in [-0.4, -0.2) is 39.8 Å². The van der Waals surface area contributed by atoms with Gasteiger partial charge in [-0.1, -0.05) is 0 Å². The molecule has 1 aliphatic rings. The van der Waals surface area contributed by atoms with Crippen molar-refractivity contribution in [1.82, 2.24) is 18.9 Å². The van der Waals surface area contributed by atoms with Crippen molar-refractivity contribution in [2.75, 3.05) is 11.9 Å². The van der Waals surface area contributed by atoms with Crippen LogP contribution in [0.5, 0.6) is 0 Å². The Morgan fingerprint density at radius 2 is 1.93 bits per heavy atom. The third-order valence-corrected chi connectivity index (χ3v) is 7.52. The standard InChI is InChI=1S/C21H25N5O3S/c1-13-11-20(14(2)10-17(13)23-16(4)27)30(28,29)25-9-5-6-18(25)19-7-8-22-21-12-15(3)24-26(19)21/h7-8,10-12,18H,5-6,9H2,1-4H3,(H,23,27)/t18-/m0/s1. The van der Waals surface area contributed by atoms with Gasteiger partial charge in [0.15, 0.2) is 5.65 Å². The van der Waals surface area contributed by atoms with Crippen molar-refractivity contribution < 1.29 is 13.2 Å². The summed E-state index contributed by atoms with van der Waals surface area (Å²) in [4.78, 5) is 16.0. The lowest BCUT2D eigenvalue weighted by molar-refractivity contribution is -0.114. The number of carbonyl (C=O) groups excluding carboxylic acids is 1. The predicted molar refractivity (Wildman–Crippen MR) is 114 cm³/mol. The number of fused-ring (bicyclic) bond motifs is 1. The molecule has 0 radical (unpaired) electrons. The Hall–Kier alpha value is -2.78. The fourth-order valence-electron chi connectivity index (χ4n) is 4.12. The molecule has 1 aliphatic heterocycles. The van der Waals surface area contributed by atoms with Crippen molar-refractivity contribution in [1.29, 1.82) is 0 Å². The molecule has 1 amide bonds. The molecule has 4 rings (SSSR count). The average molecular weight is 428 g/mol. The van der Waals surface area contributed by atoms with Gasteiger partial charge in [0.05, 0.1) is 22.3 Å². The number of aromatic nitrogens is 3. The van der Waals surface area contributed by atoms with Crippen molar-refractivity contribution in [3.05, 3.63) is 53.0 Å². The number of anilines is 1. The van der Waals surface area contributed by atoms with Crippen LogP contribution in [0, 0.1) is 20.8 Å². The maximum absolute atomic E-state index is 13.7. The van der Waals surface area contributed by atoms with E-state index in [1.54, 1.807) is 41.0 Å². The quantitative estimate of drug-likeness (QED) is 0.690. The van der Waals surface area contributed by atoms with E-state index < -0.39 is 10.0 Å². The number of hydrogen-bond donors (Lipinski definition) is 1. The molecule has 1 atom stereocenters. The molecule has 3 aromatic rings. The zero-order valence-corrected chi connectivity index (χ0v) is 18.3. The van der Waals surface area contributed by atoms with Crippen molar-refractivity contribution in [3.8, 4) is 0 Å². The topological polar surface area (TPSA) is 96.7 Å². The SMILES string of the molecule is CC(=O)Nc1cc(C)c(S(=O)(=O)N2CCC[C@H]2c2ccnc3cc(C)nn23)cc1C. The van der Waals surface area contributed by atoms with Crippen LogP contribution in [0.25, 0.3) is 5.65 Å². The summed E-state index contributed by atoms with van der Waals surface area (Å²) in [6, 6.07) is 6.78. The highest BCUT2D eigenvalue weighted by Crippen LogP contribution is 2.38. The fourth-order valence-corrected chi connectivity index (χ4v) is 6.08. The maximum atomic E-state index is 13.7. The van der Waals surface area contributed by atoms with Gasteiger partial charge in [-0.05, 0) is 62.9 Å². The number of nitrogens with one attached hydrogen (secondary N) is 1. The minimum Gasteiger partial charge on any atom is -0.326 e. The molecule has 1 fully saturated rings. The first-order valence-corrected chi connectivity index (χ1v) is 11.3. The van der Waals surface area contributed by atoms with Gasteiger partial charge in [0.1, 0.15) is 0 Å². The lowest BCUT2D eigenvalue weighted by Crippen LogP contribution is -2.32. The molecule has 9 heteroatoms. The minimum atomic E-state index is -3.74. The van der Waals surface area contributed by atoms with Crippen LogP contribution in [0.15, 0.2) is 35.4 Å². The van der Waals surface area contributed by atoms with Crippen LogP contribution >= 0.6 is 0 Å². The number of sulfonamides is 1. The van der Waals surface area contributed by atoms with Gasteiger partial charge in [-0.3, -0.25) is 4.79 Å². The van der Waals surface area contributed by atoms with E-state index in [4.69, 9.17) is 0 Å².